The lowest BCUT2D eigenvalue weighted by atomic mass is 10.1. The molecule has 5 nitrogen and oxygen atoms in total. The van der Waals surface area contributed by atoms with E-state index in [-0.39, 0.29) is 0 Å². The van der Waals surface area contributed by atoms with Crippen molar-refractivity contribution in [2.45, 2.75) is 19.0 Å². The second-order valence-corrected chi connectivity index (χ2v) is 3.11. The number of hydrogen-bond acceptors (Lipinski definition) is 4. The zero-order valence-corrected chi connectivity index (χ0v) is 7.73. The van der Waals surface area contributed by atoms with Crippen LogP contribution in [0.4, 0.5) is 0 Å². The van der Waals surface area contributed by atoms with Gasteiger partial charge in [-0.15, -0.1) is 0 Å². The summed E-state index contributed by atoms with van der Waals surface area (Å²) in [7, 11) is 1.32. The largest absolute Gasteiger partial charge is 0.468 e. The van der Waals surface area contributed by atoms with Crippen molar-refractivity contribution in [2.24, 2.45) is 5.73 Å². The van der Waals surface area contributed by atoms with E-state index in [1.807, 2.05) is 0 Å². The third-order valence-electron chi connectivity index (χ3n) is 1.70. The molecule has 0 amide bonds. The summed E-state index contributed by atoms with van der Waals surface area (Å²) in [6.45, 7) is 1.92. The molecule has 0 saturated carbocycles. The number of esters is 1. The van der Waals surface area contributed by atoms with E-state index in [1.165, 1.54) is 7.11 Å². The number of methoxy groups -OCH3 is 1. The van der Waals surface area contributed by atoms with E-state index in [9.17, 15) is 4.79 Å². The van der Waals surface area contributed by atoms with Gasteiger partial charge in [0.1, 0.15) is 5.54 Å². The zero-order chi connectivity index (χ0) is 9.90. The summed E-state index contributed by atoms with van der Waals surface area (Å²) in [6.07, 6.45) is 3.38. The zero-order valence-electron chi connectivity index (χ0n) is 7.73. The van der Waals surface area contributed by atoms with Gasteiger partial charge in [0.15, 0.2) is 0 Å². The fourth-order valence-corrected chi connectivity index (χ4v) is 1.03. The van der Waals surface area contributed by atoms with Gasteiger partial charge in [0, 0.05) is 12.4 Å². The number of rotatable bonds is 3. The lowest BCUT2D eigenvalue weighted by Gasteiger charge is -2.20. The molecular formula is C8H13N3O2. The smallest absolute Gasteiger partial charge is 0.327 e. The highest BCUT2D eigenvalue weighted by Gasteiger charge is 2.29. The van der Waals surface area contributed by atoms with E-state index >= 15 is 0 Å². The van der Waals surface area contributed by atoms with Crippen LogP contribution in [0.2, 0.25) is 0 Å². The first-order valence-electron chi connectivity index (χ1n) is 3.91. The summed E-state index contributed by atoms with van der Waals surface area (Å²) in [6, 6.07) is 1.77. The third-order valence-corrected chi connectivity index (χ3v) is 1.70. The molecule has 0 bridgehead atoms. The molecule has 1 aromatic rings. The first-order chi connectivity index (χ1) is 6.06. The number of carbonyl (C=O) groups is 1. The normalized spacial score (nSPS) is 15.0. The predicted molar refractivity (Wildman–Crippen MR) is 46.8 cm³/mol. The number of carbonyl (C=O) groups excluding carboxylic acids is 1. The molecule has 1 unspecified atom stereocenters. The van der Waals surface area contributed by atoms with Crippen molar-refractivity contribution in [3.8, 4) is 0 Å². The third kappa shape index (κ3) is 2.29. The van der Waals surface area contributed by atoms with Crippen LogP contribution in [0.3, 0.4) is 0 Å². The summed E-state index contributed by atoms with van der Waals surface area (Å²) >= 11 is 0. The standard InChI is InChI=1S/C8H13N3O2/c1-8(9,7(12)13-2)6-11-5-3-4-10-11/h3-5H,6,9H2,1-2H3. The van der Waals surface area contributed by atoms with Gasteiger partial charge in [-0.25, -0.2) is 0 Å². The summed E-state index contributed by atoms with van der Waals surface area (Å²) < 4.78 is 6.15. The maximum atomic E-state index is 11.2. The Bertz CT molecular complexity index is 280. The van der Waals surface area contributed by atoms with Crippen molar-refractivity contribution in [2.75, 3.05) is 7.11 Å². The highest BCUT2D eigenvalue weighted by Crippen LogP contribution is 2.04. The van der Waals surface area contributed by atoms with Crippen LogP contribution in [-0.2, 0) is 16.1 Å². The predicted octanol–water partition coefficient (Wildman–Crippen LogP) is -0.227. The monoisotopic (exact) mass is 183 g/mol. The quantitative estimate of drug-likeness (QED) is 0.657. The van der Waals surface area contributed by atoms with Crippen molar-refractivity contribution in [3.05, 3.63) is 18.5 Å². The molecule has 0 radical (unpaired) electrons. The highest BCUT2D eigenvalue weighted by atomic mass is 16.5. The van der Waals surface area contributed by atoms with Crippen LogP contribution in [0.25, 0.3) is 0 Å². The lowest BCUT2D eigenvalue weighted by Crippen LogP contribution is -2.49. The molecule has 1 rings (SSSR count). The Balaban J connectivity index is 2.67. The van der Waals surface area contributed by atoms with Gasteiger partial charge >= 0.3 is 5.97 Å². The average molecular weight is 183 g/mol. The summed E-state index contributed by atoms with van der Waals surface area (Å²) in [5.74, 6) is -0.442. The van der Waals surface area contributed by atoms with Crippen molar-refractivity contribution in [3.63, 3.8) is 0 Å². The summed E-state index contributed by atoms with van der Waals surface area (Å²) in [4.78, 5) is 11.2. The van der Waals surface area contributed by atoms with Gasteiger partial charge in [0.05, 0.1) is 13.7 Å². The minimum Gasteiger partial charge on any atom is -0.468 e. The first-order valence-corrected chi connectivity index (χ1v) is 3.91. The maximum Gasteiger partial charge on any atom is 0.327 e. The van der Waals surface area contributed by atoms with Crippen molar-refractivity contribution in [1.29, 1.82) is 0 Å². The molecule has 0 aliphatic carbocycles. The Morgan fingerprint density at radius 3 is 2.92 bits per heavy atom. The number of aromatic nitrogens is 2. The van der Waals surface area contributed by atoms with Gasteiger partial charge in [-0.05, 0) is 13.0 Å². The number of hydrogen-bond donors (Lipinski definition) is 1. The number of nitrogens with two attached hydrogens (primary N) is 1. The molecule has 72 valence electrons. The van der Waals surface area contributed by atoms with E-state index in [0.717, 1.165) is 0 Å². The molecule has 0 aliphatic rings. The van der Waals surface area contributed by atoms with E-state index in [1.54, 1.807) is 30.1 Å². The molecular weight excluding hydrogens is 170 g/mol. The Hall–Kier alpha value is -1.36. The molecule has 13 heavy (non-hydrogen) atoms. The molecule has 0 spiro atoms. The average Bonchev–Trinajstić information content (AvgIpc) is 2.54. The number of ether oxygens (including phenoxy) is 1. The molecule has 2 N–H and O–H groups in total. The van der Waals surface area contributed by atoms with E-state index < -0.39 is 11.5 Å². The van der Waals surface area contributed by atoms with Crippen LogP contribution in [0, 0.1) is 0 Å². The van der Waals surface area contributed by atoms with Gasteiger partial charge in [-0.3, -0.25) is 9.48 Å². The van der Waals surface area contributed by atoms with Crippen LogP contribution in [0.1, 0.15) is 6.92 Å². The van der Waals surface area contributed by atoms with Gasteiger partial charge in [0.2, 0.25) is 0 Å². The van der Waals surface area contributed by atoms with Gasteiger partial charge in [0.25, 0.3) is 0 Å². The second kappa shape index (κ2) is 3.57. The van der Waals surface area contributed by atoms with Gasteiger partial charge in [-0.1, -0.05) is 0 Å². The Kier molecular flexibility index (Phi) is 2.67. The number of nitrogens with zero attached hydrogens (tertiary/aromatic N) is 2. The molecule has 1 heterocycles. The molecule has 0 aromatic carbocycles. The van der Waals surface area contributed by atoms with Crippen LogP contribution in [0.5, 0.6) is 0 Å². The van der Waals surface area contributed by atoms with E-state index in [2.05, 4.69) is 9.84 Å². The summed E-state index contributed by atoms with van der Waals surface area (Å²) in [5, 5.41) is 3.95. The van der Waals surface area contributed by atoms with Crippen LogP contribution in [-0.4, -0.2) is 28.4 Å². The Morgan fingerprint density at radius 2 is 2.46 bits per heavy atom. The summed E-state index contributed by atoms with van der Waals surface area (Å²) in [5.41, 5.74) is 4.70. The highest BCUT2D eigenvalue weighted by molar-refractivity contribution is 5.79. The van der Waals surface area contributed by atoms with Crippen molar-refractivity contribution in [1.82, 2.24) is 9.78 Å². The van der Waals surface area contributed by atoms with E-state index in [4.69, 9.17) is 5.73 Å². The minimum absolute atomic E-state index is 0.312. The molecule has 1 atom stereocenters. The molecule has 1 aromatic heterocycles. The SMILES string of the molecule is COC(=O)C(C)(N)Cn1cccn1. The van der Waals surface area contributed by atoms with Gasteiger partial charge in [-0.2, -0.15) is 5.10 Å². The Morgan fingerprint density at radius 1 is 1.77 bits per heavy atom. The lowest BCUT2D eigenvalue weighted by molar-refractivity contribution is -0.147. The first kappa shape index (κ1) is 9.73. The van der Waals surface area contributed by atoms with Crippen LogP contribution >= 0.6 is 0 Å². The van der Waals surface area contributed by atoms with Crippen molar-refractivity contribution < 1.29 is 9.53 Å². The molecule has 0 fully saturated rings. The maximum absolute atomic E-state index is 11.2. The topological polar surface area (TPSA) is 70.1 Å². The molecule has 5 heteroatoms. The molecule has 0 aliphatic heterocycles. The van der Waals surface area contributed by atoms with E-state index in [0.29, 0.717) is 6.54 Å². The van der Waals surface area contributed by atoms with Crippen molar-refractivity contribution >= 4 is 5.97 Å². The fourth-order valence-electron chi connectivity index (χ4n) is 1.03. The van der Waals surface area contributed by atoms with Gasteiger partial charge < -0.3 is 10.5 Å². The Labute approximate surface area is 76.5 Å². The minimum atomic E-state index is -1.03. The fraction of sp³-hybridized carbons (Fsp3) is 0.500. The second-order valence-electron chi connectivity index (χ2n) is 3.11. The molecule has 0 saturated heterocycles. The van der Waals surface area contributed by atoms with Crippen LogP contribution < -0.4 is 5.73 Å². The van der Waals surface area contributed by atoms with Crippen LogP contribution in [0.15, 0.2) is 18.5 Å².